The molecule has 2 aromatic carbocycles. The van der Waals surface area contributed by atoms with E-state index in [-0.39, 0.29) is 23.7 Å². The Labute approximate surface area is 284 Å². The van der Waals surface area contributed by atoms with Gasteiger partial charge in [-0.1, -0.05) is 90.1 Å². The van der Waals surface area contributed by atoms with Gasteiger partial charge in [0.25, 0.3) is 5.91 Å². The van der Waals surface area contributed by atoms with Crippen LogP contribution >= 0.6 is 11.3 Å². The van der Waals surface area contributed by atoms with E-state index in [4.69, 9.17) is 5.11 Å². The number of aromatic nitrogens is 2. The largest absolute Gasteiger partial charge is 0.481 e. The maximum absolute atomic E-state index is 13.4. The highest BCUT2D eigenvalue weighted by Crippen LogP contribution is 2.30. The van der Waals surface area contributed by atoms with Gasteiger partial charge in [0.05, 0.1) is 4.88 Å². The quantitative estimate of drug-likeness (QED) is 0.138. The lowest BCUT2D eigenvalue weighted by atomic mass is 9.86. The van der Waals surface area contributed by atoms with Crippen molar-refractivity contribution in [2.45, 2.75) is 83.7 Å². The van der Waals surface area contributed by atoms with Crippen LogP contribution in [0.5, 0.6) is 0 Å². The number of aliphatic carboxylic acids is 2. The number of nitrogens with zero attached hydrogens (tertiary/aromatic N) is 2. The molecular formula is C37H42N4O6S. The zero-order chi connectivity index (χ0) is 35.2. The predicted octanol–water partition coefficient (Wildman–Crippen LogP) is 6.24. The number of carbonyl (C=O) groups excluding carboxylic acids is 2. The number of thiophene rings is 1. The third-order valence-corrected chi connectivity index (χ3v) is 9.35. The molecule has 4 rings (SSSR count). The van der Waals surface area contributed by atoms with Crippen molar-refractivity contribution in [1.82, 2.24) is 20.6 Å². The smallest absolute Gasteiger partial charge is 0.326 e. The Morgan fingerprint density at radius 3 is 1.85 bits per heavy atom. The molecule has 2 heterocycles. The van der Waals surface area contributed by atoms with E-state index in [9.17, 15) is 24.3 Å². The number of carboxylic acids is 2. The minimum Gasteiger partial charge on any atom is -0.481 e. The molecule has 2 aromatic heterocycles. The maximum atomic E-state index is 13.4. The second kappa shape index (κ2) is 14.9. The van der Waals surface area contributed by atoms with E-state index in [1.807, 2.05) is 39.0 Å². The number of carboxylic acid groups (broad SMARTS) is 2. The highest BCUT2D eigenvalue weighted by atomic mass is 32.1. The van der Waals surface area contributed by atoms with E-state index in [1.54, 1.807) is 30.6 Å². The minimum absolute atomic E-state index is 0.0591. The molecule has 4 N–H and O–H groups in total. The van der Waals surface area contributed by atoms with Crippen molar-refractivity contribution < 1.29 is 29.4 Å². The number of amides is 2. The van der Waals surface area contributed by atoms with Crippen LogP contribution < -0.4 is 10.6 Å². The molecule has 10 nitrogen and oxygen atoms in total. The SMILES string of the molecule is CC(C)(C)c1ccc(-c2cnc(-c3ccc(C[C@H](NC(=O)c4ccc(C(C)(C)C)s4)C(=O)N[C@H](CCC(=O)O)C(=O)O)cc3)nc2)cc1. The summed E-state index contributed by atoms with van der Waals surface area (Å²) in [6, 6.07) is 16.6. The maximum Gasteiger partial charge on any atom is 0.326 e. The van der Waals surface area contributed by atoms with Gasteiger partial charge < -0.3 is 20.8 Å². The van der Waals surface area contributed by atoms with Crippen molar-refractivity contribution in [1.29, 1.82) is 0 Å². The van der Waals surface area contributed by atoms with Crippen LogP contribution in [0.4, 0.5) is 0 Å². The van der Waals surface area contributed by atoms with Gasteiger partial charge in [0.2, 0.25) is 5.91 Å². The van der Waals surface area contributed by atoms with Crippen LogP contribution in [0.2, 0.25) is 0 Å². The standard InChI is InChI=1S/C37H42N4O6S/c1-36(2,3)26-13-11-23(12-14-26)25-20-38-32(39-21-25)24-9-7-22(8-10-24)19-28(33(44)40-27(35(46)47)15-18-31(42)43)41-34(45)29-16-17-30(48-29)37(4,5)6/h7-14,16-17,20-21,27-28H,15,18-19H2,1-6H3,(H,40,44)(H,41,45)(H,42,43)(H,46,47)/t27-,28+/m1/s1. The molecule has 0 radical (unpaired) electrons. The lowest BCUT2D eigenvalue weighted by molar-refractivity contribution is -0.143. The van der Waals surface area contributed by atoms with Crippen LogP contribution in [0.3, 0.4) is 0 Å². The Kier molecular flexibility index (Phi) is 11.2. The lowest BCUT2D eigenvalue weighted by Gasteiger charge is -2.21. The molecule has 2 amide bonds. The summed E-state index contributed by atoms with van der Waals surface area (Å²) in [5, 5.41) is 23.8. The third-order valence-electron chi connectivity index (χ3n) is 7.84. The first-order valence-electron chi connectivity index (χ1n) is 15.7. The summed E-state index contributed by atoms with van der Waals surface area (Å²) in [5.74, 6) is -3.21. The normalized spacial score (nSPS) is 13.0. The summed E-state index contributed by atoms with van der Waals surface area (Å²) in [6.45, 7) is 12.6. The first-order valence-corrected chi connectivity index (χ1v) is 16.5. The monoisotopic (exact) mass is 670 g/mol. The second-order valence-electron chi connectivity index (χ2n) is 13.8. The average molecular weight is 671 g/mol. The summed E-state index contributed by atoms with van der Waals surface area (Å²) in [6.07, 6.45) is 2.87. The highest BCUT2D eigenvalue weighted by Gasteiger charge is 2.28. The molecule has 11 heteroatoms. The fraction of sp³-hybridized carbons (Fsp3) is 0.351. The van der Waals surface area contributed by atoms with Crippen LogP contribution in [0.15, 0.2) is 73.1 Å². The van der Waals surface area contributed by atoms with Crippen molar-refractivity contribution in [3.63, 3.8) is 0 Å². The number of hydrogen-bond donors (Lipinski definition) is 4. The summed E-state index contributed by atoms with van der Waals surface area (Å²) in [7, 11) is 0. The summed E-state index contributed by atoms with van der Waals surface area (Å²) in [4.78, 5) is 60.0. The molecule has 0 bridgehead atoms. The van der Waals surface area contributed by atoms with Gasteiger partial charge in [-0.2, -0.15) is 0 Å². The van der Waals surface area contributed by atoms with Gasteiger partial charge in [-0.15, -0.1) is 11.3 Å². The van der Waals surface area contributed by atoms with E-state index in [0.29, 0.717) is 16.3 Å². The molecule has 0 aliphatic heterocycles. The van der Waals surface area contributed by atoms with Crippen LogP contribution in [-0.4, -0.2) is 56.0 Å². The molecule has 0 aliphatic rings. The van der Waals surface area contributed by atoms with E-state index in [1.165, 1.54) is 16.9 Å². The van der Waals surface area contributed by atoms with Crippen molar-refractivity contribution in [3.05, 3.63) is 93.9 Å². The zero-order valence-corrected chi connectivity index (χ0v) is 28.9. The van der Waals surface area contributed by atoms with Crippen molar-refractivity contribution >= 4 is 35.1 Å². The molecule has 0 saturated carbocycles. The third kappa shape index (κ3) is 9.57. The van der Waals surface area contributed by atoms with Crippen LogP contribution in [0, 0.1) is 0 Å². The molecule has 4 aromatic rings. The number of benzene rings is 2. The fourth-order valence-electron chi connectivity index (χ4n) is 4.91. The fourth-order valence-corrected chi connectivity index (χ4v) is 5.88. The number of carbonyl (C=O) groups is 4. The van der Waals surface area contributed by atoms with E-state index < -0.39 is 42.3 Å². The Bertz CT molecular complexity index is 1750. The topological polar surface area (TPSA) is 159 Å². The van der Waals surface area contributed by atoms with Crippen LogP contribution in [0.25, 0.3) is 22.5 Å². The van der Waals surface area contributed by atoms with Crippen molar-refractivity contribution in [2.24, 2.45) is 0 Å². The van der Waals surface area contributed by atoms with Gasteiger partial charge in [-0.25, -0.2) is 14.8 Å². The van der Waals surface area contributed by atoms with E-state index in [0.717, 1.165) is 21.6 Å². The van der Waals surface area contributed by atoms with Gasteiger partial charge in [-0.05, 0) is 46.1 Å². The van der Waals surface area contributed by atoms with Crippen LogP contribution in [0.1, 0.15) is 80.1 Å². The van der Waals surface area contributed by atoms with Gasteiger partial charge in [0.1, 0.15) is 12.1 Å². The summed E-state index contributed by atoms with van der Waals surface area (Å²) >= 11 is 1.32. The van der Waals surface area contributed by atoms with Crippen molar-refractivity contribution in [2.75, 3.05) is 0 Å². The van der Waals surface area contributed by atoms with E-state index >= 15 is 0 Å². The summed E-state index contributed by atoms with van der Waals surface area (Å²) in [5.41, 5.74) is 4.50. The first-order chi connectivity index (χ1) is 22.5. The second-order valence-corrected chi connectivity index (χ2v) is 14.9. The molecule has 0 saturated heterocycles. The highest BCUT2D eigenvalue weighted by molar-refractivity contribution is 7.14. The Hall–Kier alpha value is -4.90. The predicted molar refractivity (Wildman–Crippen MR) is 186 cm³/mol. The molecule has 0 fully saturated rings. The Balaban J connectivity index is 1.51. The van der Waals surface area contributed by atoms with Gasteiger partial charge in [-0.3, -0.25) is 14.4 Å². The van der Waals surface area contributed by atoms with Gasteiger partial charge >= 0.3 is 11.9 Å². The van der Waals surface area contributed by atoms with Crippen molar-refractivity contribution in [3.8, 4) is 22.5 Å². The number of nitrogens with one attached hydrogen (secondary N) is 2. The molecule has 0 aliphatic carbocycles. The molecule has 0 unspecified atom stereocenters. The minimum atomic E-state index is -1.43. The number of hydrogen-bond acceptors (Lipinski definition) is 7. The molecule has 48 heavy (non-hydrogen) atoms. The lowest BCUT2D eigenvalue weighted by Crippen LogP contribution is -2.52. The molecule has 2 atom stereocenters. The van der Waals surface area contributed by atoms with Gasteiger partial charge in [0.15, 0.2) is 5.82 Å². The summed E-state index contributed by atoms with van der Waals surface area (Å²) < 4.78 is 0. The average Bonchev–Trinajstić information content (AvgIpc) is 3.54. The zero-order valence-electron chi connectivity index (χ0n) is 28.0. The van der Waals surface area contributed by atoms with Crippen LogP contribution in [-0.2, 0) is 31.6 Å². The Morgan fingerprint density at radius 1 is 0.729 bits per heavy atom. The Morgan fingerprint density at radius 2 is 1.33 bits per heavy atom. The van der Waals surface area contributed by atoms with Gasteiger partial charge in [0, 0.05) is 41.2 Å². The first kappa shape index (κ1) is 35.9. The molecule has 252 valence electrons. The van der Waals surface area contributed by atoms with E-state index in [2.05, 4.69) is 65.6 Å². The molecular weight excluding hydrogens is 628 g/mol. The molecule has 0 spiro atoms. The number of rotatable bonds is 12.